The van der Waals surface area contributed by atoms with Gasteiger partial charge in [-0.05, 0) is 37.5 Å². The summed E-state index contributed by atoms with van der Waals surface area (Å²) in [5.41, 5.74) is 3.40. The summed E-state index contributed by atoms with van der Waals surface area (Å²) in [7, 11) is 0. The molecule has 0 N–H and O–H groups in total. The molecule has 1 aromatic rings. The molecule has 0 spiro atoms. The van der Waals surface area contributed by atoms with Gasteiger partial charge in [0.15, 0.2) is 0 Å². The molecule has 54 valence electrons. The van der Waals surface area contributed by atoms with Gasteiger partial charge in [-0.25, -0.2) is 0 Å². The maximum Gasteiger partial charge on any atom is 1.00 e. The first kappa shape index (κ1) is 11.0. The summed E-state index contributed by atoms with van der Waals surface area (Å²) in [5.74, 6) is 0.112. The van der Waals surface area contributed by atoms with Crippen LogP contribution in [0.15, 0.2) is 12.1 Å². The van der Waals surface area contributed by atoms with Gasteiger partial charge in [-0.1, -0.05) is 12.1 Å². The van der Waals surface area contributed by atoms with Crippen molar-refractivity contribution in [2.24, 2.45) is 0 Å². The fourth-order valence-corrected chi connectivity index (χ4v) is 0.996. The zero-order valence-electron chi connectivity index (χ0n) is 7.56. The monoisotopic (exact) mass is 158 g/mol. The molecule has 0 aliphatic carbocycles. The third kappa shape index (κ3) is 2.51. The molecule has 0 heterocycles. The van der Waals surface area contributed by atoms with Gasteiger partial charge in [-0.3, -0.25) is 0 Å². The van der Waals surface area contributed by atoms with Gasteiger partial charge in [-0.2, -0.15) is 0 Å². The number of aryl methyl sites for hydroxylation is 2. The van der Waals surface area contributed by atoms with Crippen LogP contribution in [0.25, 0.3) is 0 Å². The molecule has 0 amide bonds. The van der Waals surface area contributed by atoms with Gasteiger partial charge >= 0.3 is 29.6 Å². The molecule has 11 heavy (non-hydrogen) atoms. The summed E-state index contributed by atoms with van der Waals surface area (Å²) in [6.45, 7) is 5.96. The van der Waals surface area contributed by atoms with E-state index in [9.17, 15) is 5.11 Å². The van der Waals surface area contributed by atoms with Crippen molar-refractivity contribution in [2.75, 3.05) is 0 Å². The molecule has 0 saturated heterocycles. The zero-order valence-corrected chi connectivity index (χ0v) is 9.56. The number of hydrogen-bond donors (Lipinski definition) is 0. The van der Waals surface area contributed by atoms with Crippen molar-refractivity contribution in [3.63, 3.8) is 0 Å². The second kappa shape index (κ2) is 4.15. The summed E-state index contributed by atoms with van der Waals surface area (Å²) in [4.78, 5) is 0. The van der Waals surface area contributed by atoms with Crippen LogP contribution in [0.4, 0.5) is 0 Å². The quantitative estimate of drug-likeness (QED) is 0.430. The largest absolute Gasteiger partial charge is 1.00 e. The Morgan fingerprint density at radius 1 is 1.00 bits per heavy atom. The minimum Gasteiger partial charge on any atom is -0.872 e. The fourth-order valence-electron chi connectivity index (χ4n) is 0.996. The predicted molar refractivity (Wildman–Crippen MR) is 40.1 cm³/mol. The fraction of sp³-hybridized carbons (Fsp3) is 0.333. The molecule has 0 saturated carbocycles. The van der Waals surface area contributed by atoms with Gasteiger partial charge in [0.25, 0.3) is 0 Å². The van der Waals surface area contributed by atoms with E-state index < -0.39 is 0 Å². The Bertz CT molecular complexity index is 233. The zero-order chi connectivity index (χ0) is 7.72. The van der Waals surface area contributed by atoms with E-state index in [1.54, 1.807) is 12.1 Å². The second-order valence-electron chi connectivity index (χ2n) is 2.68. The molecule has 0 radical (unpaired) electrons. The van der Waals surface area contributed by atoms with Crippen molar-refractivity contribution in [1.29, 1.82) is 0 Å². The molecule has 2 heteroatoms. The Kier molecular flexibility index (Phi) is 4.16. The van der Waals surface area contributed by atoms with Gasteiger partial charge in [0.2, 0.25) is 0 Å². The molecule has 0 atom stereocenters. The van der Waals surface area contributed by atoms with Crippen molar-refractivity contribution >= 4 is 0 Å². The Labute approximate surface area is 89.7 Å². The van der Waals surface area contributed by atoms with Crippen LogP contribution in [-0.4, -0.2) is 0 Å². The van der Waals surface area contributed by atoms with E-state index >= 15 is 0 Å². The van der Waals surface area contributed by atoms with Gasteiger partial charge in [0.1, 0.15) is 0 Å². The first-order chi connectivity index (χ1) is 4.61. The van der Waals surface area contributed by atoms with E-state index in [2.05, 4.69) is 0 Å². The number of benzene rings is 1. The average molecular weight is 158 g/mol. The molecular weight excluding hydrogens is 147 g/mol. The van der Waals surface area contributed by atoms with E-state index in [1.807, 2.05) is 20.8 Å². The molecule has 0 unspecified atom stereocenters. The van der Waals surface area contributed by atoms with Crippen molar-refractivity contribution in [1.82, 2.24) is 0 Å². The Morgan fingerprint density at radius 2 is 1.36 bits per heavy atom. The van der Waals surface area contributed by atoms with Crippen LogP contribution in [-0.2, 0) is 0 Å². The van der Waals surface area contributed by atoms with E-state index in [1.165, 1.54) is 5.56 Å². The average Bonchev–Trinajstić information content (AvgIpc) is 1.82. The van der Waals surface area contributed by atoms with Gasteiger partial charge in [0.05, 0.1) is 0 Å². The van der Waals surface area contributed by atoms with Crippen LogP contribution >= 0.6 is 0 Å². The predicted octanol–water partition coefficient (Wildman–Crippen LogP) is -1.31. The SMILES string of the molecule is Cc1cc([O-])cc(C)c1C.[Na+]. The molecular formula is C9H11NaO. The third-order valence-electron chi connectivity index (χ3n) is 1.90. The standard InChI is InChI=1S/C9H12O.Na/c1-6-4-9(10)5-7(2)8(6)3;/h4-5,10H,1-3H3;/q;+1/p-1. The van der Waals surface area contributed by atoms with Crippen molar-refractivity contribution in [3.05, 3.63) is 28.8 Å². The minimum atomic E-state index is 0. The molecule has 0 aliphatic rings. The molecule has 0 bridgehead atoms. The molecule has 0 aromatic heterocycles. The van der Waals surface area contributed by atoms with Crippen LogP contribution in [0.1, 0.15) is 16.7 Å². The maximum atomic E-state index is 10.9. The molecule has 1 nitrogen and oxygen atoms in total. The van der Waals surface area contributed by atoms with Crippen LogP contribution in [0, 0.1) is 20.8 Å². The van der Waals surface area contributed by atoms with Crippen molar-refractivity contribution in [3.8, 4) is 5.75 Å². The molecule has 1 aromatic carbocycles. The molecule has 1 rings (SSSR count). The van der Waals surface area contributed by atoms with Gasteiger partial charge < -0.3 is 5.11 Å². The summed E-state index contributed by atoms with van der Waals surface area (Å²) in [5, 5.41) is 10.9. The summed E-state index contributed by atoms with van der Waals surface area (Å²) < 4.78 is 0. The number of rotatable bonds is 0. The van der Waals surface area contributed by atoms with Gasteiger partial charge in [0, 0.05) is 0 Å². The van der Waals surface area contributed by atoms with E-state index in [-0.39, 0.29) is 35.3 Å². The first-order valence-electron chi connectivity index (χ1n) is 3.36. The normalized spacial score (nSPS) is 9.00. The second-order valence-corrected chi connectivity index (χ2v) is 2.68. The van der Waals surface area contributed by atoms with Gasteiger partial charge in [-0.15, -0.1) is 5.75 Å². The van der Waals surface area contributed by atoms with E-state index in [4.69, 9.17) is 0 Å². The minimum absolute atomic E-state index is 0. The smallest absolute Gasteiger partial charge is 0.872 e. The summed E-state index contributed by atoms with van der Waals surface area (Å²) in [6, 6.07) is 3.34. The third-order valence-corrected chi connectivity index (χ3v) is 1.90. The summed E-state index contributed by atoms with van der Waals surface area (Å²) in [6.07, 6.45) is 0. The van der Waals surface area contributed by atoms with E-state index in [0.717, 1.165) is 11.1 Å². The molecule has 0 fully saturated rings. The van der Waals surface area contributed by atoms with E-state index in [0.29, 0.717) is 0 Å². The van der Waals surface area contributed by atoms with Crippen LogP contribution in [0.2, 0.25) is 0 Å². The van der Waals surface area contributed by atoms with Crippen LogP contribution < -0.4 is 34.7 Å². The Balaban J connectivity index is 0.000001000. The maximum absolute atomic E-state index is 10.9. The Hall–Kier alpha value is 0.0200. The molecule has 0 aliphatic heterocycles. The number of hydrogen-bond acceptors (Lipinski definition) is 1. The first-order valence-corrected chi connectivity index (χ1v) is 3.36. The Morgan fingerprint density at radius 3 is 1.73 bits per heavy atom. The topological polar surface area (TPSA) is 23.1 Å². The summed E-state index contributed by atoms with van der Waals surface area (Å²) >= 11 is 0. The van der Waals surface area contributed by atoms with Crippen molar-refractivity contribution < 1.29 is 34.7 Å². The van der Waals surface area contributed by atoms with Crippen LogP contribution in [0.3, 0.4) is 0 Å². The van der Waals surface area contributed by atoms with Crippen molar-refractivity contribution in [2.45, 2.75) is 20.8 Å². The van der Waals surface area contributed by atoms with Crippen LogP contribution in [0.5, 0.6) is 5.75 Å².